The number of hydrazine groups is 1. The zero-order chi connectivity index (χ0) is 25.0. The van der Waals surface area contributed by atoms with E-state index in [2.05, 4.69) is 10.4 Å². The molecule has 0 aliphatic carbocycles. The number of nitrogens with one attached hydrogen (secondary N) is 1. The molecular formula is C22H25N5O6. The predicted octanol–water partition coefficient (Wildman–Crippen LogP) is 4.71. The van der Waals surface area contributed by atoms with E-state index < -0.39 is 28.3 Å². The number of nitriles is 1. The van der Waals surface area contributed by atoms with Crippen molar-refractivity contribution in [1.82, 2.24) is 10.4 Å². The highest BCUT2D eigenvalue weighted by molar-refractivity contribution is 5.94. The Bertz CT molecular complexity index is 1090. The summed E-state index contributed by atoms with van der Waals surface area (Å²) >= 11 is 0. The van der Waals surface area contributed by atoms with E-state index in [0.717, 1.165) is 5.01 Å². The Kier molecular flexibility index (Phi) is 7.23. The van der Waals surface area contributed by atoms with Crippen molar-refractivity contribution in [1.29, 1.82) is 5.26 Å². The lowest BCUT2D eigenvalue weighted by Gasteiger charge is -2.29. The second-order valence-corrected chi connectivity index (χ2v) is 8.93. The number of carbonyl (C=O) groups is 2. The maximum absolute atomic E-state index is 12.9. The van der Waals surface area contributed by atoms with Crippen molar-refractivity contribution in [2.45, 2.75) is 52.7 Å². The molecule has 11 heteroatoms. The van der Waals surface area contributed by atoms with Gasteiger partial charge in [0.1, 0.15) is 23.0 Å². The van der Waals surface area contributed by atoms with E-state index in [9.17, 15) is 25.0 Å². The number of nitro benzene ring substituents is 1. The number of benzene rings is 1. The highest BCUT2D eigenvalue weighted by Gasteiger charge is 2.30. The second-order valence-electron chi connectivity index (χ2n) is 8.93. The first-order chi connectivity index (χ1) is 15.2. The number of amides is 2. The van der Waals surface area contributed by atoms with Crippen molar-refractivity contribution in [2.75, 3.05) is 5.01 Å². The molecular weight excluding hydrogens is 430 g/mol. The number of aromatic nitrogens is 1. The van der Waals surface area contributed by atoms with Crippen LogP contribution in [0.5, 0.6) is 0 Å². The van der Waals surface area contributed by atoms with Crippen LogP contribution in [0.3, 0.4) is 0 Å². The number of hydrogen-bond donors (Lipinski definition) is 1. The van der Waals surface area contributed by atoms with Gasteiger partial charge >= 0.3 is 12.2 Å². The summed E-state index contributed by atoms with van der Waals surface area (Å²) in [5, 5.41) is 21.6. The largest absolute Gasteiger partial charge is 0.443 e. The van der Waals surface area contributed by atoms with Gasteiger partial charge in [0, 0.05) is 23.9 Å². The lowest BCUT2D eigenvalue weighted by Crippen LogP contribution is -2.50. The molecule has 0 aliphatic rings. The molecule has 0 saturated carbocycles. The van der Waals surface area contributed by atoms with Gasteiger partial charge in [0.25, 0.3) is 5.69 Å². The molecule has 0 radical (unpaired) electrons. The first-order valence-electron chi connectivity index (χ1n) is 9.87. The minimum atomic E-state index is -0.965. The fourth-order valence-electron chi connectivity index (χ4n) is 2.62. The minimum absolute atomic E-state index is 0.0132. The van der Waals surface area contributed by atoms with Crippen molar-refractivity contribution < 1.29 is 24.0 Å². The number of pyridine rings is 1. The van der Waals surface area contributed by atoms with Crippen LogP contribution in [-0.2, 0) is 9.47 Å². The van der Waals surface area contributed by atoms with Crippen LogP contribution in [0.15, 0.2) is 36.7 Å². The van der Waals surface area contributed by atoms with Crippen LogP contribution in [0, 0.1) is 21.4 Å². The summed E-state index contributed by atoms with van der Waals surface area (Å²) in [6.45, 7) is 9.90. The van der Waals surface area contributed by atoms with Crippen molar-refractivity contribution in [3.63, 3.8) is 0 Å². The number of carbonyl (C=O) groups excluding carboxylic acids is 2. The van der Waals surface area contributed by atoms with Crippen LogP contribution in [-0.4, -0.2) is 33.3 Å². The molecule has 33 heavy (non-hydrogen) atoms. The zero-order valence-corrected chi connectivity index (χ0v) is 19.2. The summed E-state index contributed by atoms with van der Waals surface area (Å²) in [5.41, 5.74) is 1.11. The Morgan fingerprint density at radius 3 is 2.12 bits per heavy atom. The van der Waals surface area contributed by atoms with E-state index in [-0.39, 0.29) is 16.9 Å². The van der Waals surface area contributed by atoms with Crippen molar-refractivity contribution >= 4 is 23.6 Å². The topological polar surface area (TPSA) is 148 Å². The summed E-state index contributed by atoms with van der Waals surface area (Å²) in [6, 6.07) is 7.49. The molecule has 11 nitrogen and oxygen atoms in total. The Balaban J connectivity index is 2.56. The molecule has 2 aromatic rings. The Hall–Kier alpha value is -4.20. The molecule has 0 fully saturated rings. The van der Waals surface area contributed by atoms with Gasteiger partial charge in [-0.05, 0) is 59.2 Å². The normalized spacial score (nSPS) is 11.2. The number of nitro groups is 1. The highest BCUT2D eigenvalue weighted by Crippen LogP contribution is 2.31. The van der Waals surface area contributed by atoms with Crippen molar-refractivity contribution in [2.24, 2.45) is 0 Å². The molecule has 1 heterocycles. The fraction of sp³-hybridized carbons (Fsp3) is 0.364. The molecule has 2 amide bonds. The summed E-state index contributed by atoms with van der Waals surface area (Å²) in [6.07, 6.45) is 0.684. The predicted molar refractivity (Wildman–Crippen MR) is 119 cm³/mol. The smallest absolute Gasteiger partial charge is 0.434 e. The van der Waals surface area contributed by atoms with Crippen LogP contribution in [0.25, 0.3) is 11.1 Å². The lowest BCUT2D eigenvalue weighted by atomic mass is 10.0. The van der Waals surface area contributed by atoms with Crippen LogP contribution < -0.4 is 10.4 Å². The van der Waals surface area contributed by atoms with Crippen LogP contribution in [0.2, 0.25) is 0 Å². The van der Waals surface area contributed by atoms with Crippen molar-refractivity contribution in [3.05, 3.63) is 52.3 Å². The fourth-order valence-corrected chi connectivity index (χ4v) is 2.62. The summed E-state index contributed by atoms with van der Waals surface area (Å²) in [5.74, 6) is 0. The Labute approximate surface area is 191 Å². The molecule has 1 aromatic heterocycles. The van der Waals surface area contributed by atoms with Gasteiger partial charge in [0.15, 0.2) is 0 Å². The van der Waals surface area contributed by atoms with Gasteiger partial charge in [-0.1, -0.05) is 0 Å². The van der Waals surface area contributed by atoms with Gasteiger partial charge < -0.3 is 9.47 Å². The number of anilines is 1. The molecule has 2 rings (SSSR count). The molecule has 1 N–H and O–H groups in total. The van der Waals surface area contributed by atoms with Gasteiger partial charge in [-0.3, -0.25) is 15.1 Å². The third-order valence-corrected chi connectivity index (χ3v) is 3.85. The van der Waals surface area contributed by atoms with Crippen molar-refractivity contribution in [3.8, 4) is 17.2 Å². The number of non-ortho nitro benzene ring substituents is 1. The monoisotopic (exact) mass is 455 g/mol. The van der Waals surface area contributed by atoms with Gasteiger partial charge in [0.05, 0.1) is 16.7 Å². The van der Waals surface area contributed by atoms with E-state index >= 15 is 0 Å². The Morgan fingerprint density at radius 2 is 1.64 bits per heavy atom. The standard InChI is InChI=1S/C22H25N5O6/c1-21(2,3)32-19(28)25-26(20(29)33-22(4,5)6)18-13-24-12-17(16(18)11-23)14-7-9-15(10-8-14)27(30)31/h7-10,12-13H,1-6H3,(H,25,28). The molecule has 0 spiro atoms. The van der Waals surface area contributed by atoms with Crippen LogP contribution in [0.1, 0.15) is 47.1 Å². The third-order valence-electron chi connectivity index (χ3n) is 3.85. The second kappa shape index (κ2) is 9.52. The molecule has 0 unspecified atom stereocenters. The van der Waals surface area contributed by atoms with Gasteiger partial charge in [-0.15, -0.1) is 0 Å². The maximum Gasteiger partial charge on any atom is 0.434 e. The quantitative estimate of drug-likeness (QED) is 0.517. The lowest BCUT2D eigenvalue weighted by molar-refractivity contribution is -0.384. The Morgan fingerprint density at radius 1 is 1.06 bits per heavy atom. The van der Waals surface area contributed by atoms with E-state index in [1.807, 2.05) is 6.07 Å². The van der Waals surface area contributed by atoms with E-state index in [1.54, 1.807) is 41.5 Å². The average molecular weight is 455 g/mol. The number of hydrogen-bond acceptors (Lipinski definition) is 8. The van der Waals surface area contributed by atoms with E-state index in [4.69, 9.17) is 9.47 Å². The molecule has 1 aromatic carbocycles. The van der Waals surface area contributed by atoms with Gasteiger partial charge in [0.2, 0.25) is 0 Å². The highest BCUT2D eigenvalue weighted by atomic mass is 16.6. The minimum Gasteiger partial charge on any atom is -0.443 e. The molecule has 0 atom stereocenters. The van der Waals surface area contributed by atoms with Gasteiger partial charge in [-0.2, -0.15) is 10.3 Å². The summed E-state index contributed by atoms with van der Waals surface area (Å²) < 4.78 is 10.6. The summed E-state index contributed by atoms with van der Waals surface area (Å²) in [4.78, 5) is 39.8. The van der Waals surface area contributed by atoms with Gasteiger partial charge in [-0.25, -0.2) is 15.0 Å². The molecule has 174 valence electrons. The number of nitrogens with zero attached hydrogens (tertiary/aromatic N) is 4. The maximum atomic E-state index is 12.9. The third kappa shape index (κ3) is 6.90. The average Bonchev–Trinajstić information content (AvgIpc) is 2.68. The number of rotatable bonds is 3. The molecule has 0 bridgehead atoms. The van der Waals surface area contributed by atoms with E-state index in [0.29, 0.717) is 11.1 Å². The van der Waals surface area contributed by atoms with E-state index in [1.165, 1.54) is 36.7 Å². The molecule has 0 aliphatic heterocycles. The van der Waals surface area contributed by atoms with Crippen LogP contribution in [0.4, 0.5) is 21.0 Å². The number of ether oxygens (including phenoxy) is 2. The van der Waals surface area contributed by atoms with Crippen LogP contribution >= 0.6 is 0 Å². The summed E-state index contributed by atoms with van der Waals surface area (Å²) in [7, 11) is 0. The zero-order valence-electron chi connectivity index (χ0n) is 19.2. The first-order valence-corrected chi connectivity index (χ1v) is 9.87. The first kappa shape index (κ1) is 25.1. The molecule has 0 saturated heterocycles. The SMILES string of the molecule is CC(C)(C)OC(=O)NN(C(=O)OC(C)(C)C)c1cncc(-c2ccc([N+](=O)[O-])cc2)c1C#N.